The molecule has 3 aromatic rings. The number of aromatic nitrogens is 2. The van der Waals surface area contributed by atoms with Crippen molar-refractivity contribution < 1.29 is 19.1 Å². The number of rotatable bonds is 3. The summed E-state index contributed by atoms with van der Waals surface area (Å²) in [5, 5.41) is 7.56. The number of aryl methyl sites for hydroxylation is 2. The third-order valence-electron chi connectivity index (χ3n) is 5.49. The van der Waals surface area contributed by atoms with Crippen LogP contribution in [0, 0.1) is 13.8 Å². The average molecular weight is 403 g/mol. The average Bonchev–Trinajstić information content (AvgIpc) is 3.08. The summed E-state index contributed by atoms with van der Waals surface area (Å²) in [7, 11) is 0. The predicted octanol–water partition coefficient (Wildman–Crippen LogP) is 3.57. The number of hydrogen-bond acceptors (Lipinski definition) is 5. The van der Waals surface area contributed by atoms with Crippen molar-refractivity contribution in [3.8, 4) is 17.2 Å². The lowest BCUT2D eigenvalue weighted by Gasteiger charge is -2.24. The van der Waals surface area contributed by atoms with Gasteiger partial charge in [0.25, 0.3) is 0 Å². The highest BCUT2D eigenvalue weighted by atomic mass is 16.6. The second-order valence-electron chi connectivity index (χ2n) is 7.63. The molecule has 0 bridgehead atoms. The zero-order valence-electron chi connectivity index (χ0n) is 16.8. The molecular formula is C23H21N3O4. The molecule has 1 amide bonds. The molecule has 152 valence electrons. The molecule has 7 nitrogen and oxygen atoms in total. The van der Waals surface area contributed by atoms with Gasteiger partial charge in [0.2, 0.25) is 5.91 Å². The lowest BCUT2D eigenvalue weighted by Crippen LogP contribution is -2.28. The van der Waals surface area contributed by atoms with E-state index in [4.69, 9.17) is 9.47 Å². The van der Waals surface area contributed by atoms with E-state index in [2.05, 4.69) is 10.4 Å². The van der Waals surface area contributed by atoms with Crippen LogP contribution in [0.1, 0.15) is 39.5 Å². The quantitative estimate of drug-likeness (QED) is 0.676. The fraction of sp³-hybridized carbons (Fsp3) is 0.261. The fourth-order valence-electron chi connectivity index (χ4n) is 4.12. The summed E-state index contributed by atoms with van der Waals surface area (Å²) < 4.78 is 12.9. The number of ketones is 1. The highest BCUT2D eigenvalue weighted by Gasteiger charge is 2.36. The minimum absolute atomic E-state index is 0.0840. The van der Waals surface area contributed by atoms with E-state index >= 15 is 0 Å². The van der Waals surface area contributed by atoms with Crippen molar-refractivity contribution in [3.63, 3.8) is 0 Å². The van der Waals surface area contributed by atoms with Gasteiger partial charge in [-0.05, 0) is 49.7 Å². The Morgan fingerprint density at radius 2 is 1.90 bits per heavy atom. The van der Waals surface area contributed by atoms with E-state index in [1.165, 1.54) is 0 Å². The van der Waals surface area contributed by atoms with Gasteiger partial charge in [0.1, 0.15) is 19.0 Å². The van der Waals surface area contributed by atoms with Crippen molar-refractivity contribution in [1.29, 1.82) is 0 Å². The molecule has 2 aromatic carbocycles. The van der Waals surface area contributed by atoms with Crippen LogP contribution in [0.3, 0.4) is 0 Å². The van der Waals surface area contributed by atoms with Crippen LogP contribution in [0.5, 0.6) is 11.5 Å². The van der Waals surface area contributed by atoms with Crippen molar-refractivity contribution in [2.24, 2.45) is 0 Å². The van der Waals surface area contributed by atoms with Gasteiger partial charge in [-0.2, -0.15) is 5.10 Å². The molecule has 0 fully saturated rings. The van der Waals surface area contributed by atoms with Crippen LogP contribution >= 0.6 is 0 Å². The summed E-state index contributed by atoms with van der Waals surface area (Å²) in [5.74, 6) is 0.811. The molecule has 0 saturated heterocycles. The Hall–Kier alpha value is -3.61. The first-order valence-corrected chi connectivity index (χ1v) is 9.91. The molecular weight excluding hydrogens is 382 g/mol. The van der Waals surface area contributed by atoms with E-state index in [1.807, 2.05) is 38.1 Å². The van der Waals surface area contributed by atoms with Gasteiger partial charge in [0, 0.05) is 17.5 Å². The summed E-state index contributed by atoms with van der Waals surface area (Å²) in [5.41, 5.74) is 3.90. The second kappa shape index (κ2) is 7.02. The number of nitrogens with zero attached hydrogens (tertiary/aromatic N) is 2. The zero-order chi connectivity index (χ0) is 20.8. The maximum absolute atomic E-state index is 13.4. The van der Waals surface area contributed by atoms with E-state index in [1.54, 1.807) is 22.9 Å². The standard InChI is InChI=1S/C23H21N3O4/c1-13-4-3-5-16(10-13)26-23-21(14(2)25-26)17(12-20(27)24-23)22(28)15-6-7-18-19(11-15)30-9-8-29-18/h3-7,10-11,17H,8-9,12H2,1-2H3,(H,24,27). The number of anilines is 1. The van der Waals surface area contributed by atoms with Crippen LogP contribution in [-0.2, 0) is 4.79 Å². The topological polar surface area (TPSA) is 82.5 Å². The molecule has 0 saturated carbocycles. The van der Waals surface area contributed by atoms with E-state index in [0.717, 1.165) is 22.5 Å². The van der Waals surface area contributed by atoms with E-state index in [9.17, 15) is 9.59 Å². The number of fused-ring (bicyclic) bond motifs is 2. The molecule has 3 heterocycles. The molecule has 1 aromatic heterocycles. The zero-order valence-corrected chi connectivity index (χ0v) is 16.8. The summed E-state index contributed by atoms with van der Waals surface area (Å²) in [6.07, 6.45) is 0.0840. The largest absolute Gasteiger partial charge is 0.486 e. The predicted molar refractivity (Wildman–Crippen MR) is 111 cm³/mol. The van der Waals surface area contributed by atoms with E-state index in [-0.39, 0.29) is 18.1 Å². The van der Waals surface area contributed by atoms with Crippen LogP contribution < -0.4 is 14.8 Å². The highest BCUT2D eigenvalue weighted by molar-refractivity contribution is 6.08. The molecule has 2 aliphatic rings. The van der Waals surface area contributed by atoms with Crippen molar-refractivity contribution >= 4 is 17.5 Å². The van der Waals surface area contributed by atoms with Gasteiger partial charge in [-0.25, -0.2) is 4.68 Å². The van der Waals surface area contributed by atoms with E-state index < -0.39 is 5.92 Å². The Morgan fingerprint density at radius 1 is 1.10 bits per heavy atom. The molecule has 2 aliphatic heterocycles. The number of carbonyl (C=O) groups is 2. The molecule has 0 aliphatic carbocycles. The van der Waals surface area contributed by atoms with Crippen LogP contribution in [-0.4, -0.2) is 34.7 Å². The number of amides is 1. The third-order valence-corrected chi connectivity index (χ3v) is 5.49. The molecule has 7 heteroatoms. The number of nitrogens with one attached hydrogen (secondary N) is 1. The van der Waals surface area contributed by atoms with Gasteiger partial charge >= 0.3 is 0 Å². The lowest BCUT2D eigenvalue weighted by atomic mass is 9.85. The van der Waals surface area contributed by atoms with Crippen molar-refractivity contribution in [2.75, 3.05) is 18.5 Å². The molecule has 1 atom stereocenters. The monoisotopic (exact) mass is 403 g/mol. The van der Waals surface area contributed by atoms with Crippen molar-refractivity contribution in [3.05, 3.63) is 64.8 Å². The first-order valence-electron chi connectivity index (χ1n) is 9.91. The van der Waals surface area contributed by atoms with Gasteiger partial charge in [0.05, 0.1) is 17.3 Å². The number of hydrogen-bond donors (Lipinski definition) is 1. The highest BCUT2D eigenvalue weighted by Crippen LogP contribution is 2.39. The first-order chi connectivity index (χ1) is 14.5. The first kappa shape index (κ1) is 18.4. The van der Waals surface area contributed by atoms with Crippen LogP contribution in [0.25, 0.3) is 5.69 Å². The van der Waals surface area contributed by atoms with Crippen LogP contribution in [0.2, 0.25) is 0 Å². The Kier molecular flexibility index (Phi) is 4.31. The normalized spacial score (nSPS) is 17.3. The molecule has 1 N–H and O–H groups in total. The van der Waals surface area contributed by atoms with Crippen molar-refractivity contribution in [2.45, 2.75) is 26.2 Å². The van der Waals surface area contributed by atoms with E-state index in [0.29, 0.717) is 36.1 Å². The van der Waals surface area contributed by atoms with Gasteiger partial charge in [-0.15, -0.1) is 0 Å². The Labute approximate surface area is 173 Å². The SMILES string of the molecule is Cc1cccc(-n2nc(C)c3c2NC(=O)CC3C(=O)c2ccc3c(c2)OCCO3)c1. The maximum Gasteiger partial charge on any atom is 0.226 e. The second-order valence-corrected chi connectivity index (χ2v) is 7.63. The Morgan fingerprint density at radius 3 is 2.70 bits per heavy atom. The van der Waals surface area contributed by atoms with Crippen LogP contribution in [0.15, 0.2) is 42.5 Å². The minimum atomic E-state index is -0.602. The third kappa shape index (κ3) is 3.03. The van der Waals surface area contributed by atoms with Gasteiger partial charge in [0.15, 0.2) is 17.3 Å². The van der Waals surface area contributed by atoms with Gasteiger partial charge in [-0.3, -0.25) is 9.59 Å². The lowest BCUT2D eigenvalue weighted by molar-refractivity contribution is -0.116. The summed E-state index contributed by atoms with van der Waals surface area (Å²) >= 11 is 0. The number of carbonyl (C=O) groups excluding carboxylic acids is 2. The Balaban J connectivity index is 1.57. The maximum atomic E-state index is 13.4. The smallest absolute Gasteiger partial charge is 0.226 e. The summed E-state index contributed by atoms with van der Waals surface area (Å²) in [6.45, 7) is 4.80. The molecule has 0 radical (unpaired) electrons. The minimum Gasteiger partial charge on any atom is -0.486 e. The number of ether oxygens (including phenoxy) is 2. The molecule has 1 unspecified atom stereocenters. The van der Waals surface area contributed by atoms with Gasteiger partial charge in [-0.1, -0.05) is 12.1 Å². The van der Waals surface area contributed by atoms with Crippen LogP contribution in [0.4, 0.5) is 5.82 Å². The summed E-state index contributed by atoms with van der Waals surface area (Å²) in [6, 6.07) is 13.0. The molecule has 30 heavy (non-hydrogen) atoms. The number of benzene rings is 2. The number of Topliss-reactive ketones (excluding diaryl/α,β-unsaturated/α-hetero) is 1. The van der Waals surface area contributed by atoms with Gasteiger partial charge < -0.3 is 14.8 Å². The molecule has 5 rings (SSSR count). The fourth-order valence-corrected chi connectivity index (χ4v) is 4.12. The Bertz CT molecular complexity index is 1180. The van der Waals surface area contributed by atoms with Crippen molar-refractivity contribution in [1.82, 2.24) is 9.78 Å². The molecule has 0 spiro atoms. The summed E-state index contributed by atoms with van der Waals surface area (Å²) in [4.78, 5) is 25.9.